The number of carbonyl (C=O) groups excluding carboxylic acids is 2. The first-order valence-corrected chi connectivity index (χ1v) is 9.57. The molecule has 2 aromatic rings. The predicted molar refractivity (Wildman–Crippen MR) is 97.1 cm³/mol. The molecule has 0 saturated carbocycles. The number of para-hydroxylation sites is 1. The summed E-state index contributed by atoms with van der Waals surface area (Å²) in [6.45, 7) is 2.10. The van der Waals surface area contributed by atoms with Crippen molar-refractivity contribution < 1.29 is 19.1 Å². The van der Waals surface area contributed by atoms with Gasteiger partial charge in [-0.3, -0.25) is 14.9 Å². The molecule has 0 aliphatic rings. The molecule has 0 bridgehead atoms. The Labute approximate surface area is 154 Å². The number of hydrogen-bond acceptors (Lipinski definition) is 8. The zero-order chi connectivity index (χ0) is 17.9. The highest BCUT2D eigenvalue weighted by atomic mass is 32.2. The van der Waals surface area contributed by atoms with Gasteiger partial charge in [0.25, 0.3) is 5.91 Å². The minimum Gasteiger partial charge on any atom is -0.484 e. The summed E-state index contributed by atoms with van der Waals surface area (Å²) in [7, 11) is 0. The second-order valence-corrected chi connectivity index (χ2v) is 7.10. The topological polar surface area (TPSA) is 90.4 Å². The van der Waals surface area contributed by atoms with Gasteiger partial charge in [-0.15, -0.1) is 10.2 Å². The first kappa shape index (κ1) is 19.2. The minimum atomic E-state index is -0.293. The van der Waals surface area contributed by atoms with E-state index in [1.54, 1.807) is 19.1 Å². The average Bonchev–Trinajstić information content (AvgIpc) is 3.05. The van der Waals surface area contributed by atoms with Crippen molar-refractivity contribution >= 4 is 40.1 Å². The van der Waals surface area contributed by atoms with Crippen molar-refractivity contribution in [1.82, 2.24) is 10.2 Å². The van der Waals surface area contributed by atoms with Gasteiger partial charge in [0.15, 0.2) is 10.9 Å². The van der Waals surface area contributed by atoms with E-state index < -0.39 is 0 Å². The zero-order valence-electron chi connectivity index (χ0n) is 13.8. The molecule has 25 heavy (non-hydrogen) atoms. The van der Waals surface area contributed by atoms with Crippen LogP contribution in [0, 0.1) is 0 Å². The number of hydrogen-bond donors (Lipinski definition) is 1. The Kier molecular flexibility index (Phi) is 8.20. The number of benzene rings is 1. The van der Waals surface area contributed by atoms with Gasteiger partial charge in [0.1, 0.15) is 5.75 Å². The molecule has 1 N–H and O–H groups in total. The third kappa shape index (κ3) is 7.53. The van der Waals surface area contributed by atoms with E-state index in [-0.39, 0.29) is 18.5 Å². The summed E-state index contributed by atoms with van der Waals surface area (Å²) in [5.74, 6) is 0.886. The fraction of sp³-hybridized carbons (Fsp3) is 0.375. The summed E-state index contributed by atoms with van der Waals surface area (Å²) in [5, 5.41) is 11.0. The SMILES string of the molecule is CCOC(=O)CCCSc1nnc(NC(=O)COc2ccccc2)s1. The van der Waals surface area contributed by atoms with Crippen LogP contribution in [0.1, 0.15) is 19.8 Å². The molecule has 0 unspecified atom stereocenters. The number of carbonyl (C=O) groups is 2. The molecule has 134 valence electrons. The van der Waals surface area contributed by atoms with Crippen LogP contribution in [-0.4, -0.2) is 41.0 Å². The number of thioether (sulfide) groups is 1. The molecule has 2 rings (SSSR count). The number of nitrogens with one attached hydrogen (secondary N) is 1. The summed E-state index contributed by atoms with van der Waals surface area (Å²) in [4.78, 5) is 23.1. The van der Waals surface area contributed by atoms with Crippen LogP contribution in [0.4, 0.5) is 5.13 Å². The number of ether oxygens (including phenoxy) is 2. The van der Waals surface area contributed by atoms with Crippen LogP contribution in [0.3, 0.4) is 0 Å². The lowest BCUT2D eigenvalue weighted by Gasteiger charge is -2.04. The number of nitrogens with zero attached hydrogens (tertiary/aromatic N) is 2. The van der Waals surface area contributed by atoms with Crippen LogP contribution in [0.2, 0.25) is 0 Å². The Hall–Kier alpha value is -2.13. The van der Waals surface area contributed by atoms with Crippen molar-refractivity contribution in [1.29, 1.82) is 0 Å². The van der Waals surface area contributed by atoms with Crippen LogP contribution in [-0.2, 0) is 14.3 Å². The van der Waals surface area contributed by atoms with Gasteiger partial charge < -0.3 is 9.47 Å². The van der Waals surface area contributed by atoms with Crippen LogP contribution < -0.4 is 10.1 Å². The molecule has 1 amide bonds. The molecule has 0 aliphatic heterocycles. The minimum absolute atomic E-state index is 0.0917. The second kappa shape index (κ2) is 10.7. The molecule has 9 heteroatoms. The molecular weight excluding hydrogens is 362 g/mol. The highest BCUT2D eigenvalue weighted by molar-refractivity contribution is 8.01. The van der Waals surface area contributed by atoms with Gasteiger partial charge in [0.05, 0.1) is 6.61 Å². The summed E-state index contributed by atoms with van der Waals surface area (Å²) in [5.41, 5.74) is 0. The van der Waals surface area contributed by atoms with Gasteiger partial charge in [0, 0.05) is 12.2 Å². The highest BCUT2D eigenvalue weighted by Crippen LogP contribution is 2.26. The van der Waals surface area contributed by atoms with Gasteiger partial charge in [0.2, 0.25) is 5.13 Å². The van der Waals surface area contributed by atoms with E-state index in [1.165, 1.54) is 23.1 Å². The van der Waals surface area contributed by atoms with Crippen molar-refractivity contribution in [2.24, 2.45) is 0 Å². The second-order valence-electron chi connectivity index (χ2n) is 4.78. The van der Waals surface area contributed by atoms with Crippen molar-refractivity contribution in [3.05, 3.63) is 30.3 Å². The third-order valence-corrected chi connectivity index (χ3v) is 4.88. The lowest BCUT2D eigenvalue weighted by molar-refractivity contribution is -0.143. The van der Waals surface area contributed by atoms with Gasteiger partial charge in [-0.25, -0.2) is 0 Å². The number of anilines is 1. The first-order chi connectivity index (χ1) is 12.2. The smallest absolute Gasteiger partial charge is 0.305 e. The third-order valence-electron chi connectivity index (χ3n) is 2.82. The normalized spacial score (nSPS) is 10.3. The molecule has 7 nitrogen and oxygen atoms in total. The summed E-state index contributed by atoms with van der Waals surface area (Å²) < 4.78 is 11.0. The van der Waals surface area contributed by atoms with Crippen molar-refractivity contribution in [3.63, 3.8) is 0 Å². The van der Waals surface area contributed by atoms with E-state index in [4.69, 9.17) is 9.47 Å². The number of amides is 1. The number of aromatic nitrogens is 2. The zero-order valence-corrected chi connectivity index (χ0v) is 15.4. The molecule has 1 heterocycles. The van der Waals surface area contributed by atoms with Crippen LogP contribution in [0.15, 0.2) is 34.7 Å². The fourth-order valence-electron chi connectivity index (χ4n) is 1.75. The maximum Gasteiger partial charge on any atom is 0.305 e. The summed E-state index contributed by atoms with van der Waals surface area (Å²) in [6.07, 6.45) is 1.09. The Morgan fingerprint density at radius 2 is 2.04 bits per heavy atom. The standard InChI is InChI=1S/C16H19N3O4S2/c1-2-22-14(21)9-6-10-24-16-19-18-15(25-16)17-13(20)11-23-12-7-4-3-5-8-12/h3-5,7-8H,2,6,9-11H2,1H3,(H,17,18,20). The van der Waals surface area contributed by atoms with Gasteiger partial charge >= 0.3 is 5.97 Å². The van der Waals surface area contributed by atoms with Crippen LogP contribution >= 0.6 is 23.1 Å². The Bertz CT molecular complexity index is 679. The van der Waals surface area contributed by atoms with Crippen molar-refractivity contribution in [2.75, 3.05) is 24.3 Å². The first-order valence-electron chi connectivity index (χ1n) is 7.77. The fourth-order valence-corrected chi connectivity index (χ4v) is 3.53. The molecular formula is C16H19N3O4S2. The number of rotatable bonds is 10. The van der Waals surface area contributed by atoms with E-state index in [0.717, 1.165) is 10.1 Å². The highest BCUT2D eigenvalue weighted by Gasteiger charge is 2.10. The molecule has 0 atom stereocenters. The Balaban J connectivity index is 1.66. The summed E-state index contributed by atoms with van der Waals surface area (Å²) in [6, 6.07) is 9.11. The Morgan fingerprint density at radius 1 is 1.24 bits per heavy atom. The van der Waals surface area contributed by atoms with E-state index in [0.29, 0.717) is 30.3 Å². The lowest BCUT2D eigenvalue weighted by Crippen LogP contribution is -2.20. The van der Waals surface area contributed by atoms with E-state index in [1.807, 2.05) is 18.2 Å². The molecule has 1 aromatic carbocycles. The average molecular weight is 381 g/mol. The quantitative estimate of drug-likeness (QED) is 0.293. The molecule has 0 radical (unpaired) electrons. The molecule has 0 aliphatic carbocycles. The van der Waals surface area contributed by atoms with E-state index in [9.17, 15) is 9.59 Å². The summed E-state index contributed by atoms with van der Waals surface area (Å²) >= 11 is 2.78. The van der Waals surface area contributed by atoms with Crippen LogP contribution in [0.5, 0.6) is 5.75 Å². The van der Waals surface area contributed by atoms with E-state index >= 15 is 0 Å². The molecule has 1 aromatic heterocycles. The number of esters is 1. The van der Waals surface area contributed by atoms with Gasteiger partial charge in [-0.1, -0.05) is 41.3 Å². The largest absolute Gasteiger partial charge is 0.484 e. The maximum absolute atomic E-state index is 11.8. The molecule has 0 saturated heterocycles. The maximum atomic E-state index is 11.8. The lowest BCUT2D eigenvalue weighted by atomic mass is 10.3. The molecule has 0 fully saturated rings. The van der Waals surface area contributed by atoms with Gasteiger partial charge in [-0.05, 0) is 25.5 Å². The van der Waals surface area contributed by atoms with Crippen molar-refractivity contribution in [2.45, 2.75) is 24.1 Å². The Morgan fingerprint density at radius 3 is 2.80 bits per heavy atom. The molecule has 0 spiro atoms. The predicted octanol–water partition coefficient (Wildman–Crippen LogP) is 2.99. The monoisotopic (exact) mass is 381 g/mol. The van der Waals surface area contributed by atoms with Gasteiger partial charge in [-0.2, -0.15) is 0 Å². The van der Waals surface area contributed by atoms with Crippen LogP contribution in [0.25, 0.3) is 0 Å². The van der Waals surface area contributed by atoms with Crippen molar-refractivity contribution in [3.8, 4) is 5.75 Å². The van der Waals surface area contributed by atoms with E-state index in [2.05, 4.69) is 15.5 Å².